The van der Waals surface area contributed by atoms with Gasteiger partial charge in [-0.05, 0) is 40.2 Å². The maximum Gasteiger partial charge on any atom is 0.254 e. The number of halogens is 1. The average molecular weight is 308 g/mol. The lowest BCUT2D eigenvalue weighted by Crippen LogP contribution is -2.14. The van der Waals surface area contributed by atoms with Gasteiger partial charge in [-0.2, -0.15) is 0 Å². The van der Waals surface area contributed by atoms with Crippen LogP contribution in [0.25, 0.3) is 0 Å². The van der Waals surface area contributed by atoms with Gasteiger partial charge in [0.25, 0.3) is 5.91 Å². The molecule has 0 aliphatic heterocycles. The van der Waals surface area contributed by atoms with Crippen molar-refractivity contribution in [3.8, 4) is 5.88 Å². The second-order valence-electron chi connectivity index (χ2n) is 3.48. The highest BCUT2D eigenvalue weighted by molar-refractivity contribution is 9.10. The van der Waals surface area contributed by atoms with Crippen LogP contribution in [0.4, 0.5) is 0 Å². The zero-order valence-electron chi connectivity index (χ0n) is 9.34. The van der Waals surface area contributed by atoms with Crippen molar-refractivity contribution >= 4 is 21.8 Å². The van der Waals surface area contributed by atoms with Crippen molar-refractivity contribution in [1.29, 1.82) is 0 Å². The highest BCUT2D eigenvalue weighted by Crippen LogP contribution is 2.15. The first-order chi connectivity index (χ1) is 8.66. The standard InChI is InChI=1S/C12H10BrN3O2/c13-8-3-4-9(16-6-8)7-18-12-10(11(14)17)2-1-5-15-12/h1-6H,7H2,(H2,14,17). The third-order valence-corrected chi connectivity index (χ3v) is 2.65. The number of ether oxygens (including phenoxy) is 1. The molecule has 0 saturated carbocycles. The fraction of sp³-hybridized carbons (Fsp3) is 0.0833. The molecule has 6 heteroatoms. The molecule has 0 aliphatic rings. The van der Waals surface area contributed by atoms with Gasteiger partial charge < -0.3 is 10.5 Å². The van der Waals surface area contributed by atoms with Crippen molar-refractivity contribution in [3.05, 3.63) is 52.4 Å². The van der Waals surface area contributed by atoms with Gasteiger partial charge in [-0.25, -0.2) is 4.98 Å². The van der Waals surface area contributed by atoms with Gasteiger partial charge in [0.05, 0.1) is 5.69 Å². The Morgan fingerprint density at radius 3 is 2.83 bits per heavy atom. The fourth-order valence-electron chi connectivity index (χ4n) is 1.33. The Bertz CT molecular complexity index is 558. The van der Waals surface area contributed by atoms with Gasteiger partial charge in [-0.3, -0.25) is 9.78 Å². The van der Waals surface area contributed by atoms with Gasteiger partial charge in [0.1, 0.15) is 12.2 Å². The van der Waals surface area contributed by atoms with Crippen LogP contribution < -0.4 is 10.5 Å². The van der Waals surface area contributed by atoms with Crippen LogP contribution in [0.5, 0.6) is 5.88 Å². The number of hydrogen-bond donors (Lipinski definition) is 1. The Balaban J connectivity index is 2.10. The van der Waals surface area contributed by atoms with E-state index in [0.29, 0.717) is 0 Å². The Labute approximate surface area is 112 Å². The van der Waals surface area contributed by atoms with Gasteiger partial charge in [0.15, 0.2) is 0 Å². The largest absolute Gasteiger partial charge is 0.471 e. The number of pyridine rings is 2. The summed E-state index contributed by atoms with van der Waals surface area (Å²) in [6.45, 7) is 0.227. The van der Waals surface area contributed by atoms with Gasteiger partial charge >= 0.3 is 0 Å². The lowest BCUT2D eigenvalue weighted by molar-refractivity contribution is 0.0995. The average Bonchev–Trinajstić information content (AvgIpc) is 2.38. The lowest BCUT2D eigenvalue weighted by Gasteiger charge is -2.07. The molecule has 5 nitrogen and oxygen atoms in total. The summed E-state index contributed by atoms with van der Waals surface area (Å²) >= 11 is 3.30. The van der Waals surface area contributed by atoms with Crippen molar-refractivity contribution < 1.29 is 9.53 Å². The third-order valence-electron chi connectivity index (χ3n) is 2.18. The summed E-state index contributed by atoms with van der Waals surface area (Å²) in [7, 11) is 0. The van der Waals surface area contributed by atoms with E-state index in [1.165, 1.54) is 6.20 Å². The van der Waals surface area contributed by atoms with Crippen molar-refractivity contribution in [1.82, 2.24) is 9.97 Å². The number of nitrogens with two attached hydrogens (primary N) is 1. The van der Waals surface area contributed by atoms with E-state index in [4.69, 9.17) is 10.5 Å². The Morgan fingerprint density at radius 2 is 2.17 bits per heavy atom. The number of rotatable bonds is 4. The molecule has 0 radical (unpaired) electrons. The van der Waals surface area contributed by atoms with E-state index < -0.39 is 5.91 Å². The summed E-state index contributed by atoms with van der Waals surface area (Å²) in [4.78, 5) is 19.3. The number of primary amides is 1. The minimum Gasteiger partial charge on any atom is -0.471 e. The van der Waals surface area contributed by atoms with Crippen LogP contribution in [0.1, 0.15) is 16.1 Å². The molecule has 0 bridgehead atoms. The topological polar surface area (TPSA) is 78.1 Å². The molecule has 0 atom stereocenters. The Morgan fingerprint density at radius 1 is 1.33 bits per heavy atom. The molecular formula is C12H10BrN3O2. The van der Waals surface area contributed by atoms with Crippen LogP contribution in [0, 0.1) is 0 Å². The van der Waals surface area contributed by atoms with Gasteiger partial charge in [-0.1, -0.05) is 0 Å². The smallest absolute Gasteiger partial charge is 0.254 e. The predicted molar refractivity (Wildman–Crippen MR) is 69.0 cm³/mol. The lowest BCUT2D eigenvalue weighted by atomic mass is 10.2. The molecule has 2 aromatic heterocycles. The van der Waals surface area contributed by atoms with Crippen LogP contribution in [0.3, 0.4) is 0 Å². The molecule has 0 aliphatic carbocycles. The van der Waals surface area contributed by atoms with Crippen LogP contribution >= 0.6 is 15.9 Å². The quantitative estimate of drug-likeness (QED) is 0.936. The molecule has 2 heterocycles. The summed E-state index contributed by atoms with van der Waals surface area (Å²) in [5.41, 5.74) is 6.22. The fourth-order valence-corrected chi connectivity index (χ4v) is 1.56. The van der Waals surface area contributed by atoms with E-state index in [1.807, 2.05) is 12.1 Å². The predicted octanol–water partition coefficient (Wildman–Crippen LogP) is 1.92. The minimum absolute atomic E-state index is 0.217. The van der Waals surface area contributed by atoms with Crippen LogP contribution in [-0.4, -0.2) is 15.9 Å². The summed E-state index contributed by atoms with van der Waals surface area (Å²) in [5, 5.41) is 0. The van der Waals surface area contributed by atoms with Gasteiger partial charge in [0, 0.05) is 16.9 Å². The van der Waals surface area contributed by atoms with Gasteiger partial charge in [-0.15, -0.1) is 0 Å². The maximum atomic E-state index is 11.2. The van der Waals surface area contributed by atoms with Gasteiger partial charge in [0.2, 0.25) is 5.88 Å². The second kappa shape index (κ2) is 5.59. The van der Waals surface area contributed by atoms with Crippen molar-refractivity contribution in [2.24, 2.45) is 5.73 Å². The number of hydrogen-bond acceptors (Lipinski definition) is 4. The van der Waals surface area contributed by atoms with Crippen molar-refractivity contribution in [2.75, 3.05) is 0 Å². The summed E-state index contributed by atoms with van der Waals surface area (Å²) in [6, 6.07) is 6.88. The molecule has 0 spiro atoms. The first-order valence-corrected chi connectivity index (χ1v) is 5.94. The molecule has 2 aromatic rings. The minimum atomic E-state index is -0.568. The first-order valence-electron chi connectivity index (χ1n) is 5.15. The Hall–Kier alpha value is -1.95. The van der Waals surface area contributed by atoms with E-state index in [0.717, 1.165) is 10.2 Å². The SMILES string of the molecule is NC(=O)c1cccnc1OCc1ccc(Br)cn1. The number of aromatic nitrogens is 2. The molecular weight excluding hydrogens is 298 g/mol. The summed E-state index contributed by atoms with van der Waals surface area (Å²) < 4.78 is 6.33. The molecule has 2 N–H and O–H groups in total. The third kappa shape index (κ3) is 3.04. The van der Waals surface area contributed by atoms with E-state index in [-0.39, 0.29) is 18.1 Å². The van der Waals surface area contributed by atoms with Crippen molar-refractivity contribution in [2.45, 2.75) is 6.61 Å². The van der Waals surface area contributed by atoms with Crippen LogP contribution in [-0.2, 0) is 6.61 Å². The molecule has 92 valence electrons. The Kier molecular flexibility index (Phi) is 3.88. The summed E-state index contributed by atoms with van der Waals surface area (Å²) in [6.07, 6.45) is 3.21. The number of nitrogens with zero attached hydrogens (tertiary/aromatic N) is 2. The van der Waals surface area contributed by atoms with Crippen molar-refractivity contribution in [3.63, 3.8) is 0 Å². The maximum absolute atomic E-state index is 11.2. The molecule has 1 amide bonds. The van der Waals surface area contributed by atoms with E-state index >= 15 is 0 Å². The molecule has 0 fully saturated rings. The monoisotopic (exact) mass is 307 g/mol. The zero-order chi connectivity index (χ0) is 13.0. The van der Waals surface area contributed by atoms with E-state index in [2.05, 4.69) is 25.9 Å². The second-order valence-corrected chi connectivity index (χ2v) is 4.39. The molecule has 0 unspecified atom stereocenters. The van der Waals surface area contributed by atoms with E-state index in [1.54, 1.807) is 18.3 Å². The molecule has 0 saturated heterocycles. The highest BCUT2D eigenvalue weighted by atomic mass is 79.9. The number of amides is 1. The van der Waals surface area contributed by atoms with Crippen LogP contribution in [0.15, 0.2) is 41.1 Å². The zero-order valence-corrected chi connectivity index (χ0v) is 10.9. The first kappa shape index (κ1) is 12.5. The number of carbonyl (C=O) groups excluding carboxylic acids is 1. The normalized spacial score (nSPS) is 10.1. The van der Waals surface area contributed by atoms with E-state index in [9.17, 15) is 4.79 Å². The highest BCUT2D eigenvalue weighted by Gasteiger charge is 2.10. The number of carbonyl (C=O) groups is 1. The molecule has 0 aromatic carbocycles. The van der Waals surface area contributed by atoms with Crippen LogP contribution in [0.2, 0.25) is 0 Å². The molecule has 2 rings (SSSR count). The summed E-state index contributed by atoms with van der Waals surface area (Å²) in [5.74, 6) is -0.350. The molecule has 18 heavy (non-hydrogen) atoms.